The van der Waals surface area contributed by atoms with Gasteiger partial charge in [-0.05, 0) is 62.5 Å². The van der Waals surface area contributed by atoms with Crippen LogP contribution in [0.2, 0.25) is 0 Å². The van der Waals surface area contributed by atoms with Crippen LogP contribution >= 0.6 is 0 Å². The van der Waals surface area contributed by atoms with Gasteiger partial charge in [0.1, 0.15) is 0 Å². The first-order valence-corrected chi connectivity index (χ1v) is 10.3. The Morgan fingerprint density at radius 2 is 1.89 bits per heavy atom. The number of aryl methyl sites for hydroxylation is 2. The first-order valence-electron chi connectivity index (χ1n) is 10.3. The number of piperidine rings is 1. The van der Waals surface area contributed by atoms with Crippen molar-refractivity contribution in [2.75, 3.05) is 32.7 Å². The number of hydrogen-bond donors (Lipinski definition) is 1. The van der Waals surface area contributed by atoms with Gasteiger partial charge in [0.25, 0.3) is 5.91 Å². The molecule has 1 aromatic rings. The number of likely N-dealkylation sites (tertiary alicyclic amines) is 2. The number of nitrogens with zero attached hydrogens (tertiary/aromatic N) is 3. The van der Waals surface area contributed by atoms with Gasteiger partial charge in [-0.25, -0.2) is 4.39 Å². The molecule has 4 rings (SSSR count). The highest BCUT2D eigenvalue weighted by atomic mass is 19.1. The van der Waals surface area contributed by atoms with Crippen LogP contribution in [0.1, 0.15) is 42.6 Å². The molecule has 3 heterocycles. The largest absolute Gasteiger partial charge is 0.480 e. The average molecular weight is 389 g/mol. The summed E-state index contributed by atoms with van der Waals surface area (Å²) in [5, 5.41) is 8.76. The molecule has 0 saturated carbocycles. The van der Waals surface area contributed by atoms with E-state index in [9.17, 15) is 14.0 Å². The van der Waals surface area contributed by atoms with Crippen molar-refractivity contribution in [3.63, 3.8) is 0 Å². The summed E-state index contributed by atoms with van der Waals surface area (Å²) in [6.45, 7) is 0.696. The fourth-order valence-electron chi connectivity index (χ4n) is 4.76. The first-order chi connectivity index (χ1) is 13.4. The third kappa shape index (κ3) is 4.04. The van der Waals surface area contributed by atoms with Crippen LogP contribution < -0.4 is 0 Å². The third-order valence-corrected chi connectivity index (χ3v) is 6.33. The smallest absolute Gasteiger partial charge is 0.317 e. The molecule has 6 nitrogen and oxygen atoms in total. The number of carbonyl (C=O) groups excluding carboxylic acids is 1. The molecule has 0 unspecified atom stereocenters. The molecule has 1 N–H and O–H groups in total. The standard InChI is InChI=1S/C21H28FN3O3/c22-21(13-24(14-21)12-19(26)27)20(28)25-9-7-15(8-10-25)11-17-6-5-16-3-1-2-4-18(16)23-17/h5-6,15H,1-4,7-14H2,(H,26,27). The maximum atomic E-state index is 14.8. The van der Waals surface area contributed by atoms with Gasteiger partial charge in [-0.15, -0.1) is 0 Å². The molecule has 0 radical (unpaired) electrons. The highest BCUT2D eigenvalue weighted by Gasteiger charge is 2.52. The quantitative estimate of drug-likeness (QED) is 0.832. The number of aromatic nitrogens is 1. The number of amides is 1. The van der Waals surface area contributed by atoms with E-state index < -0.39 is 17.5 Å². The number of carboxylic acids is 1. The van der Waals surface area contributed by atoms with Gasteiger partial charge in [0.15, 0.2) is 0 Å². The molecule has 0 spiro atoms. The van der Waals surface area contributed by atoms with Crippen LogP contribution in [-0.2, 0) is 28.9 Å². The summed E-state index contributed by atoms with van der Waals surface area (Å²) in [5.41, 5.74) is 1.87. The molecular weight excluding hydrogens is 361 g/mol. The van der Waals surface area contributed by atoms with E-state index in [-0.39, 0.29) is 19.6 Å². The van der Waals surface area contributed by atoms with Gasteiger partial charge >= 0.3 is 5.97 Å². The molecule has 2 fully saturated rings. The molecule has 0 bridgehead atoms. The molecule has 152 valence electrons. The lowest BCUT2D eigenvalue weighted by Gasteiger charge is -2.45. The molecule has 3 aliphatic rings. The molecule has 28 heavy (non-hydrogen) atoms. The van der Waals surface area contributed by atoms with Gasteiger partial charge < -0.3 is 10.0 Å². The molecule has 1 amide bonds. The maximum absolute atomic E-state index is 14.8. The van der Waals surface area contributed by atoms with Crippen molar-refractivity contribution in [2.24, 2.45) is 5.92 Å². The summed E-state index contributed by atoms with van der Waals surface area (Å²) in [6, 6.07) is 4.37. The fourth-order valence-corrected chi connectivity index (χ4v) is 4.76. The highest BCUT2D eigenvalue weighted by Crippen LogP contribution is 2.30. The van der Waals surface area contributed by atoms with Crippen LogP contribution in [0.5, 0.6) is 0 Å². The van der Waals surface area contributed by atoms with E-state index in [4.69, 9.17) is 10.1 Å². The summed E-state index contributed by atoms with van der Waals surface area (Å²) in [5.74, 6) is -0.996. The maximum Gasteiger partial charge on any atom is 0.317 e. The summed E-state index contributed by atoms with van der Waals surface area (Å²) >= 11 is 0. The van der Waals surface area contributed by atoms with E-state index in [1.807, 2.05) is 0 Å². The Hall–Kier alpha value is -2.02. The predicted molar refractivity (Wildman–Crippen MR) is 102 cm³/mol. The minimum Gasteiger partial charge on any atom is -0.480 e. The van der Waals surface area contributed by atoms with Gasteiger partial charge in [0, 0.05) is 37.6 Å². The monoisotopic (exact) mass is 389 g/mol. The zero-order chi connectivity index (χ0) is 19.7. The van der Waals surface area contributed by atoms with Gasteiger partial charge in [-0.2, -0.15) is 0 Å². The van der Waals surface area contributed by atoms with Crippen molar-refractivity contribution in [3.05, 3.63) is 29.1 Å². The van der Waals surface area contributed by atoms with Crippen molar-refractivity contribution >= 4 is 11.9 Å². The van der Waals surface area contributed by atoms with E-state index in [0.717, 1.165) is 37.8 Å². The number of carbonyl (C=O) groups is 2. The van der Waals surface area contributed by atoms with Crippen LogP contribution in [-0.4, -0.2) is 70.2 Å². The minimum atomic E-state index is -1.91. The van der Waals surface area contributed by atoms with Crippen molar-refractivity contribution in [1.82, 2.24) is 14.8 Å². The Morgan fingerprint density at radius 1 is 1.18 bits per heavy atom. The zero-order valence-electron chi connectivity index (χ0n) is 16.2. The lowest BCUT2D eigenvalue weighted by molar-refractivity contribution is -0.162. The zero-order valence-corrected chi connectivity index (χ0v) is 16.2. The Kier molecular flexibility index (Phi) is 5.36. The van der Waals surface area contributed by atoms with Crippen molar-refractivity contribution < 1.29 is 19.1 Å². The van der Waals surface area contributed by atoms with Crippen LogP contribution in [0.25, 0.3) is 0 Å². The van der Waals surface area contributed by atoms with Crippen molar-refractivity contribution in [3.8, 4) is 0 Å². The topological polar surface area (TPSA) is 73.7 Å². The number of carboxylic acid groups (broad SMARTS) is 1. The van der Waals surface area contributed by atoms with Crippen LogP contribution in [0.4, 0.5) is 4.39 Å². The lowest BCUT2D eigenvalue weighted by atomic mass is 9.88. The number of hydrogen-bond acceptors (Lipinski definition) is 4. The normalized spacial score (nSPS) is 22.4. The second-order valence-electron chi connectivity index (χ2n) is 8.56. The fraction of sp³-hybridized carbons (Fsp3) is 0.667. The number of halogens is 1. The van der Waals surface area contributed by atoms with E-state index in [0.29, 0.717) is 19.0 Å². The number of pyridine rings is 1. The van der Waals surface area contributed by atoms with Crippen LogP contribution in [0.15, 0.2) is 12.1 Å². The minimum absolute atomic E-state index is 0.114. The third-order valence-electron chi connectivity index (χ3n) is 6.33. The first kappa shape index (κ1) is 19.3. The lowest BCUT2D eigenvalue weighted by Crippen LogP contribution is -2.67. The number of rotatable bonds is 5. The van der Waals surface area contributed by atoms with E-state index >= 15 is 0 Å². The Bertz CT molecular complexity index is 755. The second kappa shape index (κ2) is 7.78. The summed E-state index contributed by atoms with van der Waals surface area (Å²) in [7, 11) is 0. The SMILES string of the molecule is O=C(O)CN1CC(F)(C(=O)N2CCC(Cc3ccc4c(n3)CCCC4)CC2)C1. The molecular formula is C21H28FN3O3. The molecule has 0 atom stereocenters. The van der Waals surface area contributed by atoms with Crippen molar-refractivity contribution in [1.29, 1.82) is 0 Å². The van der Waals surface area contributed by atoms with Gasteiger partial charge in [-0.1, -0.05) is 6.07 Å². The van der Waals surface area contributed by atoms with E-state index in [1.54, 1.807) is 4.90 Å². The van der Waals surface area contributed by atoms with Crippen molar-refractivity contribution in [2.45, 2.75) is 50.6 Å². The Balaban J connectivity index is 1.27. The molecule has 7 heteroatoms. The van der Waals surface area contributed by atoms with E-state index in [1.165, 1.54) is 29.0 Å². The van der Waals surface area contributed by atoms with Crippen LogP contribution in [0, 0.1) is 5.92 Å². The van der Waals surface area contributed by atoms with Gasteiger partial charge in [0.05, 0.1) is 6.54 Å². The number of alkyl halides is 1. The summed E-state index contributed by atoms with van der Waals surface area (Å²) in [4.78, 5) is 31.1. The number of fused-ring (bicyclic) bond motifs is 1. The second-order valence-corrected chi connectivity index (χ2v) is 8.56. The molecule has 2 saturated heterocycles. The van der Waals surface area contributed by atoms with Crippen LogP contribution in [0.3, 0.4) is 0 Å². The predicted octanol–water partition coefficient (Wildman–Crippen LogP) is 1.85. The molecule has 1 aromatic heterocycles. The highest BCUT2D eigenvalue weighted by molar-refractivity contribution is 5.87. The van der Waals surface area contributed by atoms with E-state index in [2.05, 4.69) is 12.1 Å². The molecule has 1 aliphatic carbocycles. The number of aliphatic carboxylic acids is 1. The van der Waals surface area contributed by atoms with Gasteiger partial charge in [0.2, 0.25) is 5.67 Å². The summed E-state index contributed by atoms with van der Waals surface area (Å²) < 4.78 is 14.8. The Morgan fingerprint density at radius 3 is 2.61 bits per heavy atom. The average Bonchev–Trinajstić information content (AvgIpc) is 2.66. The summed E-state index contributed by atoms with van der Waals surface area (Å²) in [6.07, 6.45) is 7.33. The Labute approximate surface area is 164 Å². The van der Waals surface area contributed by atoms with Gasteiger partial charge in [-0.3, -0.25) is 19.5 Å². The molecule has 2 aliphatic heterocycles. The molecule has 0 aromatic carbocycles.